The van der Waals surface area contributed by atoms with Crippen LogP contribution in [0.2, 0.25) is 0 Å². The van der Waals surface area contributed by atoms with E-state index >= 15 is 0 Å². The lowest BCUT2D eigenvalue weighted by atomic mass is 10.1. The van der Waals surface area contributed by atoms with Gasteiger partial charge in [-0.3, -0.25) is 9.59 Å². The number of aromatic nitrogens is 2. The van der Waals surface area contributed by atoms with Gasteiger partial charge in [-0.2, -0.15) is 0 Å². The van der Waals surface area contributed by atoms with Crippen molar-refractivity contribution in [3.8, 4) is 0 Å². The van der Waals surface area contributed by atoms with Crippen LogP contribution >= 0.6 is 0 Å². The molecule has 2 aromatic heterocycles. The van der Waals surface area contributed by atoms with Crippen LogP contribution in [-0.2, 0) is 0 Å². The molecule has 6 rings (SSSR count). The summed E-state index contributed by atoms with van der Waals surface area (Å²) in [6, 6.07) is 26.1. The second-order valence-corrected chi connectivity index (χ2v) is 10.1. The maximum Gasteiger partial charge on any atom is 0.257 e. The summed E-state index contributed by atoms with van der Waals surface area (Å²) in [5, 5.41) is 19.8. The molecule has 2 amide bonds. The van der Waals surface area contributed by atoms with Crippen molar-refractivity contribution in [2.45, 2.75) is 18.9 Å². The molecule has 0 bridgehead atoms. The van der Waals surface area contributed by atoms with Crippen molar-refractivity contribution in [1.29, 1.82) is 0 Å². The number of aliphatic hydroxyl groups is 1. The molecule has 1 aliphatic heterocycles. The van der Waals surface area contributed by atoms with Gasteiger partial charge in [-0.15, -0.1) is 0 Å². The number of aromatic amines is 1. The number of hydrogen-bond donors (Lipinski definition) is 5. The van der Waals surface area contributed by atoms with Gasteiger partial charge in [0.05, 0.1) is 11.7 Å². The number of H-pyrrole nitrogens is 1. The van der Waals surface area contributed by atoms with Gasteiger partial charge in [-0.25, -0.2) is 4.98 Å². The van der Waals surface area contributed by atoms with Crippen molar-refractivity contribution >= 4 is 51.3 Å². The molecule has 0 aliphatic carbocycles. The molecule has 9 nitrogen and oxygen atoms in total. The van der Waals surface area contributed by atoms with Gasteiger partial charge in [0.15, 0.2) is 0 Å². The molecule has 1 saturated heterocycles. The molecule has 5 aromatic rings. The molecule has 0 saturated carbocycles. The maximum atomic E-state index is 12.8. The average molecular weight is 547 g/mol. The van der Waals surface area contributed by atoms with E-state index in [4.69, 9.17) is 0 Å². The Kier molecular flexibility index (Phi) is 7.34. The fourth-order valence-corrected chi connectivity index (χ4v) is 4.86. The van der Waals surface area contributed by atoms with E-state index in [-0.39, 0.29) is 17.9 Å². The third-order valence-corrected chi connectivity index (χ3v) is 7.20. The number of amides is 2. The third kappa shape index (κ3) is 6.21. The van der Waals surface area contributed by atoms with Crippen LogP contribution in [0.3, 0.4) is 0 Å². The van der Waals surface area contributed by atoms with Crippen LogP contribution in [-0.4, -0.2) is 46.1 Å². The summed E-state index contributed by atoms with van der Waals surface area (Å²) in [6.07, 6.45) is 4.66. The summed E-state index contributed by atoms with van der Waals surface area (Å²) in [6.45, 7) is 1.63. The summed E-state index contributed by atoms with van der Waals surface area (Å²) in [7, 11) is 0. The first kappa shape index (κ1) is 26.1. The van der Waals surface area contributed by atoms with Crippen LogP contribution in [0.5, 0.6) is 0 Å². The zero-order chi connectivity index (χ0) is 28.2. The SMILES string of the molecule is O=C(Nc1ccc(Nc2ccc(NC(=O)c3cnc4[nH]ccc4c3)cc2)cc1)c1ccc(N2CCC(O)CC2)cc1. The normalized spacial score (nSPS) is 13.6. The minimum absolute atomic E-state index is 0.173. The lowest BCUT2D eigenvalue weighted by Crippen LogP contribution is -2.35. The number of nitrogens with one attached hydrogen (secondary N) is 4. The van der Waals surface area contributed by atoms with E-state index in [0.717, 1.165) is 54.0 Å². The number of anilines is 5. The van der Waals surface area contributed by atoms with Crippen LogP contribution in [0, 0.1) is 0 Å². The van der Waals surface area contributed by atoms with Crippen molar-refractivity contribution in [2.24, 2.45) is 0 Å². The molecule has 1 fully saturated rings. The third-order valence-electron chi connectivity index (χ3n) is 7.20. The Morgan fingerprint density at radius 1 is 0.756 bits per heavy atom. The molecule has 3 heterocycles. The van der Waals surface area contributed by atoms with Crippen molar-refractivity contribution in [1.82, 2.24) is 9.97 Å². The van der Waals surface area contributed by atoms with Crippen LogP contribution in [0.4, 0.5) is 28.4 Å². The Labute approximate surface area is 237 Å². The number of piperidine rings is 1. The predicted octanol–water partition coefficient (Wildman–Crippen LogP) is 5.77. The van der Waals surface area contributed by atoms with Gasteiger partial charge >= 0.3 is 0 Å². The first-order valence-electron chi connectivity index (χ1n) is 13.6. The highest BCUT2D eigenvalue weighted by molar-refractivity contribution is 6.06. The van der Waals surface area contributed by atoms with Gasteiger partial charge in [0.25, 0.3) is 11.8 Å². The molecule has 41 heavy (non-hydrogen) atoms. The summed E-state index contributed by atoms with van der Waals surface area (Å²) in [5.74, 6) is -0.398. The topological polar surface area (TPSA) is 122 Å². The lowest BCUT2D eigenvalue weighted by molar-refractivity contribution is 0.101. The Hall–Kier alpha value is -5.15. The fraction of sp³-hybridized carbons (Fsp3) is 0.156. The molecule has 206 valence electrons. The number of pyridine rings is 1. The zero-order valence-corrected chi connectivity index (χ0v) is 22.3. The Balaban J connectivity index is 1.01. The number of aliphatic hydroxyl groups excluding tert-OH is 1. The van der Waals surface area contributed by atoms with E-state index in [9.17, 15) is 14.7 Å². The first-order valence-corrected chi connectivity index (χ1v) is 13.6. The van der Waals surface area contributed by atoms with E-state index in [2.05, 4.69) is 30.8 Å². The monoisotopic (exact) mass is 546 g/mol. The number of hydrogen-bond acceptors (Lipinski definition) is 6. The number of benzene rings is 3. The summed E-state index contributed by atoms with van der Waals surface area (Å²) in [4.78, 5) is 34.9. The molecular weight excluding hydrogens is 516 g/mol. The van der Waals surface area contributed by atoms with E-state index in [1.165, 1.54) is 0 Å². The second-order valence-electron chi connectivity index (χ2n) is 10.1. The van der Waals surface area contributed by atoms with Crippen LogP contribution in [0.15, 0.2) is 97.3 Å². The molecule has 0 atom stereocenters. The second kappa shape index (κ2) is 11.5. The van der Waals surface area contributed by atoms with Crippen molar-refractivity contribution < 1.29 is 14.7 Å². The summed E-state index contributed by atoms with van der Waals surface area (Å²) < 4.78 is 0. The molecule has 1 aliphatic rings. The van der Waals surface area contributed by atoms with Crippen LogP contribution in [0.25, 0.3) is 11.0 Å². The number of carbonyl (C=O) groups is 2. The molecule has 3 aromatic carbocycles. The van der Waals surface area contributed by atoms with Gasteiger partial charge in [0.1, 0.15) is 5.65 Å². The van der Waals surface area contributed by atoms with Gasteiger partial charge in [-0.05, 0) is 97.8 Å². The largest absolute Gasteiger partial charge is 0.393 e. The molecule has 5 N–H and O–H groups in total. The highest BCUT2D eigenvalue weighted by Crippen LogP contribution is 2.23. The zero-order valence-electron chi connectivity index (χ0n) is 22.3. The molecule has 0 unspecified atom stereocenters. The molecular formula is C32H30N6O3. The summed E-state index contributed by atoms with van der Waals surface area (Å²) in [5.41, 5.74) is 5.97. The van der Waals surface area contributed by atoms with Gasteiger partial charge < -0.3 is 30.9 Å². The summed E-state index contributed by atoms with van der Waals surface area (Å²) >= 11 is 0. The van der Waals surface area contributed by atoms with E-state index in [1.54, 1.807) is 18.5 Å². The molecule has 9 heteroatoms. The number of rotatable bonds is 7. The minimum atomic E-state index is -0.224. The standard InChI is InChI=1S/C32H30N6O3/c39-29-14-17-38(18-15-29)28-11-1-21(2-12-28)31(40)36-26-7-3-24(4-8-26)35-25-5-9-27(10-6-25)37-32(41)23-19-22-13-16-33-30(22)34-20-23/h1-13,16,19-20,29,35,39H,14-15,17-18H2,(H,33,34)(H,36,40)(H,37,41). The number of nitrogens with zero attached hydrogens (tertiary/aromatic N) is 2. The van der Waals surface area contributed by atoms with E-state index < -0.39 is 0 Å². The van der Waals surface area contributed by atoms with Gasteiger partial charge in [-0.1, -0.05) is 0 Å². The van der Waals surface area contributed by atoms with Crippen LogP contribution in [0.1, 0.15) is 33.6 Å². The highest BCUT2D eigenvalue weighted by Gasteiger charge is 2.17. The van der Waals surface area contributed by atoms with Gasteiger partial charge in [0.2, 0.25) is 0 Å². The maximum absolute atomic E-state index is 12.8. The number of fused-ring (bicyclic) bond motifs is 1. The molecule has 0 spiro atoms. The Morgan fingerprint density at radius 3 is 1.93 bits per heavy atom. The molecule has 0 radical (unpaired) electrons. The number of carbonyl (C=O) groups excluding carboxylic acids is 2. The van der Waals surface area contributed by atoms with E-state index in [1.807, 2.05) is 78.9 Å². The van der Waals surface area contributed by atoms with Crippen molar-refractivity contribution in [3.05, 3.63) is 108 Å². The van der Waals surface area contributed by atoms with Crippen molar-refractivity contribution in [3.63, 3.8) is 0 Å². The predicted molar refractivity (Wildman–Crippen MR) is 162 cm³/mol. The van der Waals surface area contributed by atoms with Gasteiger partial charge in [0, 0.05) is 64.9 Å². The van der Waals surface area contributed by atoms with E-state index in [0.29, 0.717) is 22.5 Å². The Bertz CT molecular complexity index is 1660. The van der Waals surface area contributed by atoms with Crippen LogP contribution < -0.4 is 20.9 Å². The Morgan fingerprint density at radius 2 is 1.32 bits per heavy atom. The minimum Gasteiger partial charge on any atom is -0.393 e. The quantitative estimate of drug-likeness (QED) is 0.177. The lowest BCUT2D eigenvalue weighted by Gasteiger charge is -2.31. The van der Waals surface area contributed by atoms with Crippen molar-refractivity contribution in [2.75, 3.05) is 33.9 Å². The highest BCUT2D eigenvalue weighted by atomic mass is 16.3. The average Bonchev–Trinajstić information content (AvgIpc) is 3.48. The fourth-order valence-electron chi connectivity index (χ4n) is 4.86. The smallest absolute Gasteiger partial charge is 0.257 e. The first-order chi connectivity index (χ1) is 20.0.